The van der Waals surface area contributed by atoms with Crippen LogP contribution in [0.3, 0.4) is 0 Å². The van der Waals surface area contributed by atoms with E-state index in [-0.39, 0.29) is 0 Å². The molecule has 0 aromatic heterocycles. The second-order valence-electron chi connectivity index (χ2n) is 5.07. The second kappa shape index (κ2) is 9.82. The fourth-order valence-electron chi connectivity index (χ4n) is 2.12. The zero-order valence-corrected chi connectivity index (χ0v) is 14.5. The highest BCUT2D eigenvalue weighted by molar-refractivity contribution is 7.99. The lowest BCUT2D eigenvalue weighted by Gasteiger charge is -2.15. The van der Waals surface area contributed by atoms with Gasteiger partial charge >= 0.3 is 0 Å². The van der Waals surface area contributed by atoms with Gasteiger partial charge in [-0.2, -0.15) is 5.10 Å². The molecule has 128 valence electrons. The van der Waals surface area contributed by atoms with Gasteiger partial charge in [-0.3, -0.25) is 10.3 Å². The van der Waals surface area contributed by atoms with E-state index in [9.17, 15) is 0 Å². The van der Waals surface area contributed by atoms with Crippen molar-refractivity contribution in [1.82, 2.24) is 5.12 Å². The maximum atomic E-state index is 5.75. The van der Waals surface area contributed by atoms with Gasteiger partial charge in [-0.25, -0.2) is 11.0 Å². The van der Waals surface area contributed by atoms with Crippen LogP contribution in [0.15, 0.2) is 58.5 Å². The first-order chi connectivity index (χ1) is 11.7. The van der Waals surface area contributed by atoms with E-state index >= 15 is 0 Å². The predicted octanol–water partition coefficient (Wildman–Crippen LogP) is 2.71. The first kappa shape index (κ1) is 18.1. The molecule has 7 heteroatoms. The van der Waals surface area contributed by atoms with Crippen molar-refractivity contribution < 1.29 is 4.84 Å². The van der Waals surface area contributed by atoms with Crippen molar-refractivity contribution in [2.75, 3.05) is 17.8 Å². The predicted molar refractivity (Wildman–Crippen MR) is 100 cm³/mol. The number of nitrogens with two attached hydrogens (primary N) is 2. The smallest absolute Gasteiger partial charge is 0.107 e. The van der Waals surface area contributed by atoms with Crippen LogP contribution >= 0.6 is 11.8 Å². The highest BCUT2D eigenvalue weighted by Gasteiger charge is 2.06. The lowest BCUT2D eigenvalue weighted by Crippen LogP contribution is -2.25. The molecule has 0 unspecified atom stereocenters. The SMILES string of the molecule is Cc1c(CN(N)/N=C\N)cccc1SCCONc1ccccc1. The number of nitrogens with zero attached hydrogens (tertiary/aromatic N) is 2. The van der Waals surface area contributed by atoms with Gasteiger partial charge in [0.15, 0.2) is 0 Å². The molecule has 0 radical (unpaired) electrons. The molecule has 0 aliphatic heterocycles. The molecule has 24 heavy (non-hydrogen) atoms. The van der Waals surface area contributed by atoms with Crippen molar-refractivity contribution in [3.8, 4) is 0 Å². The summed E-state index contributed by atoms with van der Waals surface area (Å²) in [6.45, 7) is 3.20. The number of hydrogen-bond acceptors (Lipinski definition) is 6. The third-order valence-corrected chi connectivity index (χ3v) is 4.47. The normalized spacial score (nSPS) is 10.9. The number of rotatable bonds is 9. The quantitative estimate of drug-likeness (QED) is 0.162. The van der Waals surface area contributed by atoms with Crippen molar-refractivity contribution in [1.29, 1.82) is 0 Å². The van der Waals surface area contributed by atoms with Crippen molar-refractivity contribution in [3.63, 3.8) is 0 Å². The van der Waals surface area contributed by atoms with Crippen molar-refractivity contribution in [2.45, 2.75) is 18.4 Å². The van der Waals surface area contributed by atoms with Gasteiger partial charge in [0.1, 0.15) is 6.34 Å². The number of thioether (sulfide) groups is 1. The Balaban J connectivity index is 1.80. The molecule has 2 rings (SSSR count). The zero-order chi connectivity index (χ0) is 17.2. The number of benzene rings is 2. The number of hydrazine groups is 1. The van der Waals surface area contributed by atoms with E-state index < -0.39 is 0 Å². The molecule has 6 nitrogen and oxygen atoms in total. The first-order valence-electron chi connectivity index (χ1n) is 7.61. The Hall–Kier alpha value is -2.22. The van der Waals surface area contributed by atoms with Gasteiger partial charge in [0.05, 0.1) is 18.8 Å². The number of hydrogen-bond donors (Lipinski definition) is 3. The van der Waals surface area contributed by atoms with Crippen LogP contribution < -0.4 is 17.1 Å². The molecule has 2 aromatic rings. The summed E-state index contributed by atoms with van der Waals surface area (Å²) in [5, 5.41) is 5.16. The molecular weight excluding hydrogens is 322 g/mol. The van der Waals surface area contributed by atoms with E-state index in [0.29, 0.717) is 13.2 Å². The molecule has 2 aromatic carbocycles. The minimum Gasteiger partial charge on any atom is -0.388 e. The summed E-state index contributed by atoms with van der Waals surface area (Å²) in [5.74, 6) is 6.60. The third-order valence-electron chi connectivity index (χ3n) is 3.35. The van der Waals surface area contributed by atoms with Crippen LogP contribution in [0.1, 0.15) is 11.1 Å². The van der Waals surface area contributed by atoms with Gasteiger partial charge in [0, 0.05) is 10.6 Å². The lowest BCUT2D eigenvalue weighted by molar-refractivity contribution is 0.213. The molecule has 0 spiro atoms. The lowest BCUT2D eigenvalue weighted by atomic mass is 10.1. The molecule has 0 bridgehead atoms. The topological polar surface area (TPSA) is 88.9 Å². The summed E-state index contributed by atoms with van der Waals surface area (Å²) in [6, 6.07) is 16.0. The summed E-state index contributed by atoms with van der Waals surface area (Å²) in [5.41, 5.74) is 11.4. The summed E-state index contributed by atoms with van der Waals surface area (Å²) in [4.78, 5) is 6.69. The summed E-state index contributed by atoms with van der Waals surface area (Å²) >= 11 is 1.75. The summed E-state index contributed by atoms with van der Waals surface area (Å²) in [6.07, 6.45) is 1.19. The van der Waals surface area contributed by atoms with Crippen LogP contribution in [0.2, 0.25) is 0 Å². The van der Waals surface area contributed by atoms with Gasteiger partial charge in [0.25, 0.3) is 0 Å². The first-order valence-corrected chi connectivity index (χ1v) is 8.60. The van der Waals surface area contributed by atoms with Gasteiger partial charge < -0.3 is 5.73 Å². The highest BCUT2D eigenvalue weighted by atomic mass is 32.2. The van der Waals surface area contributed by atoms with Crippen molar-refractivity contribution in [2.24, 2.45) is 16.7 Å². The van der Waals surface area contributed by atoms with E-state index in [0.717, 1.165) is 17.0 Å². The average Bonchev–Trinajstić information content (AvgIpc) is 2.59. The van der Waals surface area contributed by atoms with Gasteiger partial charge in [-0.1, -0.05) is 30.3 Å². The van der Waals surface area contributed by atoms with Crippen LogP contribution in [0.4, 0.5) is 5.69 Å². The van der Waals surface area contributed by atoms with Crippen molar-refractivity contribution >= 4 is 23.8 Å². The van der Waals surface area contributed by atoms with Gasteiger partial charge in [-0.15, -0.1) is 11.8 Å². The minimum atomic E-state index is 0.514. The molecule has 0 fully saturated rings. The maximum absolute atomic E-state index is 5.75. The van der Waals surface area contributed by atoms with Gasteiger partial charge in [0.2, 0.25) is 0 Å². The standard InChI is InChI=1S/C17H23N5OS/c1-14-15(12-22(19)20-13-18)6-5-9-17(14)24-11-10-23-21-16-7-3-2-4-8-16/h2-9,13,21H,10-12,19H2,1H3,(H2,18,20). The van der Waals surface area contributed by atoms with E-state index in [2.05, 4.69) is 23.6 Å². The molecule has 0 saturated carbocycles. The molecule has 0 aliphatic rings. The number of hydrazone groups is 1. The average molecular weight is 345 g/mol. The molecule has 5 N–H and O–H groups in total. The summed E-state index contributed by atoms with van der Waals surface area (Å²) in [7, 11) is 0. The molecule has 0 aliphatic carbocycles. The Morgan fingerprint density at radius 1 is 1.21 bits per heavy atom. The Morgan fingerprint density at radius 2 is 2.00 bits per heavy atom. The van der Waals surface area contributed by atoms with E-state index in [1.807, 2.05) is 42.5 Å². The van der Waals surface area contributed by atoms with Crippen LogP contribution in [0, 0.1) is 6.92 Å². The Bertz CT molecular complexity index is 651. The zero-order valence-electron chi connectivity index (χ0n) is 13.7. The van der Waals surface area contributed by atoms with Crippen molar-refractivity contribution in [3.05, 3.63) is 59.7 Å². The number of anilines is 1. The van der Waals surface area contributed by atoms with Crippen LogP contribution in [-0.4, -0.2) is 23.8 Å². The fourth-order valence-corrected chi connectivity index (χ4v) is 3.03. The van der Waals surface area contributed by atoms with E-state index in [1.165, 1.54) is 21.9 Å². The van der Waals surface area contributed by atoms with Crippen LogP contribution in [0.25, 0.3) is 0 Å². The Kier molecular flexibility index (Phi) is 7.41. The third kappa shape index (κ3) is 5.77. The molecule has 0 amide bonds. The van der Waals surface area contributed by atoms with Gasteiger partial charge in [-0.05, 0) is 36.2 Å². The summed E-state index contributed by atoms with van der Waals surface area (Å²) < 4.78 is 0. The largest absolute Gasteiger partial charge is 0.388 e. The number of nitrogens with one attached hydrogen (secondary N) is 1. The Labute approximate surface area is 146 Å². The van der Waals surface area contributed by atoms with Crippen LogP contribution in [-0.2, 0) is 11.4 Å². The fraction of sp³-hybridized carbons (Fsp3) is 0.235. The molecular formula is C17H23N5OS. The maximum Gasteiger partial charge on any atom is 0.107 e. The monoisotopic (exact) mass is 345 g/mol. The second-order valence-corrected chi connectivity index (χ2v) is 6.20. The molecule has 0 atom stereocenters. The molecule has 0 heterocycles. The Morgan fingerprint density at radius 3 is 2.75 bits per heavy atom. The van der Waals surface area contributed by atoms with E-state index in [1.54, 1.807) is 11.8 Å². The minimum absolute atomic E-state index is 0.514. The van der Waals surface area contributed by atoms with Crippen LogP contribution in [0.5, 0.6) is 0 Å². The molecule has 0 saturated heterocycles. The van der Waals surface area contributed by atoms with E-state index in [4.69, 9.17) is 16.4 Å². The highest BCUT2D eigenvalue weighted by Crippen LogP contribution is 2.25. The number of para-hydroxylation sites is 1.